The Morgan fingerprint density at radius 1 is 1.83 bits per heavy atom. The number of hydrogen-bond acceptors (Lipinski definition) is 2. The van der Waals surface area contributed by atoms with Crippen LogP contribution in [-0.2, 0) is 0 Å². The molecule has 0 heterocycles. The number of hydrazine groups is 1. The molecule has 5 nitrogen and oxygen atoms in total. The lowest BCUT2D eigenvalue weighted by Gasteiger charge is -1.87. The molecule has 0 saturated heterocycles. The molecule has 0 aliphatic rings. The van der Waals surface area contributed by atoms with Crippen molar-refractivity contribution < 1.29 is 10.6 Å². The average molecular weight is 91.1 g/mol. The Morgan fingerprint density at radius 3 is 2.33 bits per heavy atom. The Bertz CT molecular complexity index is 45.5. The highest BCUT2D eigenvalue weighted by Gasteiger charge is 1.86. The van der Waals surface area contributed by atoms with Crippen LogP contribution < -0.4 is 22.5 Å². The minimum Gasteiger partial charge on any atom is -0.272 e. The van der Waals surface area contributed by atoms with Gasteiger partial charge in [0.15, 0.2) is 0 Å². The molecule has 0 aromatic heterocycles. The summed E-state index contributed by atoms with van der Waals surface area (Å²) in [6, 6.07) is -0.491. The summed E-state index contributed by atoms with van der Waals surface area (Å²) in [5.74, 6) is 7.59. The minimum atomic E-state index is -0.491. The van der Waals surface area contributed by atoms with Crippen LogP contribution in [0, 0.1) is 0 Å². The summed E-state index contributed by atoms with van der Waals surface area (Å²) in [5, 5.41) is 0. The summed E-state index contributed by atoms with van der Waals surface area (Å²) >= 11 is 0. The fraction of sp³-hybridized carbons (Fsp3) is 0. The van der Waals surface area contributed by atoms with Crippen molar-refractivity contribution in [3.8, 4) is 0 Å². The molecule has 0 aromatic rings. The SMILES string of the molecule is NNC(=O)N[NH3+]. The summed E-state index contributed by atoms with van der Waals surface area (Å²) in [5.41, 5.74) is 3.79. The van der Waals surface area contributed by atoms with Crippen LogP contribution in [-0.4, -0.2) is 6.03 Å². The van der Waals surface area contributed by atoms with Crippen LogP contribution in [0.15, 0.2) is 0 Å². The van der Waals surface area contributed by atoms with E-state index in [9.17, 15) is 4.79 Å². The number of amides is 2. The molecule has 36 valence electrons. The highest BCUT2D eigenvalue weighted by Crippen LogP contribution is 1.41. The van der Waals surface area contributed by atoms with Crippen molar-refractivity contribution in [3.05, 3.63) is 0 Å². The summed E-state index contributed by atoms with van der Waals surface area (Å²) in [6.45, 7) is 0. The largest absolute Gasteiger partial charge is 0.372 e. The Hall–Kier alpha value is -0.810. The second-order valence-corrected chi connectivity index (χ2v) is 0.650. The summed E-state index contributed by atoms with van der Waals surface area (Å²) in [4.78, 5) is 9.77. The van der Waals surface area contributed by atoms with Gasteiger partial charge >= 0.3 is 6.03 Å². The van der Waals surface area contributed by atoms with Gasteiger partial charge in [0.1, 0.15) is 0 Å². The molecule has 5 heteroatoms. The lowest BCUT2D eigenvalue weighted by atomic mass is 11.1. The zero-order chi connectivity index (χ0) is 4.99. The molecular formula is CH7N4O+. The first-order chi connectivity index (χ1) is 2.81. The number of quaternary nitrogens is 1. The lowest BCUT2D eigenvalue weighted by Crippen LogP contribution is -2.70. The van der Waals surface area contributed by atoms with Gasteiger partial charge in [0.05, 0.1) is 0 Å². The summed E-state index contributed by atoms with van der Waals surface area (Å²) < 4.78 is 0. The van der Waals surface area contributed by atoms with Crippen molar-refractivity contribution in [3.63, 3.8) is 0 Å². The molecule has 7 N–H and O–H groups in total. The van der Waals surface area contributed by atoms with E-state index in [0.29, 0.717) is 0 Å². The molecule has 0 atom stereocenters. The van der Waals surface area contributed by atoms with Crippen molar-refractivity contribution in [2.45, 2.75) is 0 Å². The maximum Gasteiger partial charge on any atom is 0.372 e. The summed E-state index contributed by atoms with van der Waals surface area (Å²) in [6.07, 6.45) is 0. The van der Waals surface area contributed by atoms with E-state index in [0.717, 1.165) is 0 Å². The molecule has 0 aromatic carbocycles. The Kier molecular flexibility index (Phi) is 2.10. The zero-order valence-electron chi connectivity index (χ0n) is 3.19. The van der Waals surface area contributed by atoms with Crippen molar-refractivity contribution in [2.75, 3.05) is 0 Å². The molecule has 0 bridgehead atoms. The third-order valence-corrected chi connectivity index (χ3v) is 0.292. The van der Waals surface area contributed by atoms with Gasteiger partial charge in [-0.05, 0) is 0 Å². The van der Waals surface area contributed by atoms with Gasteiger partial charge in [-0.2, -0.15) is 5.43 Å². The van der Waals surface area contributed by atoms with E-state index in [1.54, 1.807) is 5.43 Å². The van der Waals surface area contributed by atoms with Crippen molar-refractivity contribution in [1.29, 1.82) is 0 Å². The van der Waals surface area contributed by atoms with Crippen LogP contribution in [0.25, 0.3) is 0 Å². The van der Waals surface area contributed by atoms with Crippen LogP contribution >= 0.6 is 0 Å². The van der Waals surface area contributed by atoms with E-state index in [2.05, 4.69) is 11.7 Å². The van der Waals surface area contributed by atoms with Crippen molar-refractivity contribution in [1.82, 2.24) is 10.9 Å². The number of rotatable bonds is 0. The first kappa shape index (κ1) is 5.19. The normalized spacial score (nSPS) is 7.00. The maximum atomic E-state index is 9.77. The standard InChI is InChI=1S/CH6N4O/c2-4-1(6)5-3/h2-3H2,(H2,4,5,6)/p+1. The molecule has 2 amide bonds. The molecule has 0 rings (SSSR count). The first-order valence-electron chi connectivity index (χ1n) is 1.35. The molecule has 0 fully saturated rings. The number of carbonyl (C=O) groups is 1. The molecule has 0 saturated carbocycles. The van der Waals surface area contributed by atoms with Gasteiger partial charge < -0.3 is 0 Å². The zero-order valence-corrected chi connectivity index (χ0v) is 3.19. The third kappa shape index (κ3) is 1.50. The number of carbonyl (C=O) groups excluding carboxylic acids is 1. The van der Waals surface area contributed by atoms with Gasteiger partial charge in [0, 0.05) is 0 Å². The topological polar surface area (TPSA) is 94.8 Å². The second kappa shape index (κ2) is 2.43. The fourth-order valence-corrected chi connectivity index (χ4v) is 0.0510. The Labute approximate surface area is 34.6 Å². The van der Waals surface area contributed by atoms with Crippen molar-refractivity contribution >= 4 is 6.03 Å². The van der Waals surface area contributed by atoms with Gasteiger partial charge in [-0.25, -0.2) is 10.6 Å². The van der Waals surface area contributed by atoms with E-state index < -0.39 is 6.03 Å². The van der Waals surface area contributed by atoms with Crippen LogP contribution in [0.3, 0.4) is 0 Å². The monoisotopic (exact) mass is 91.1 g/mol. The predicted molar refractivity (Wildman–Crippen MR) is 18.7 cm³/mol. The average Bonchev–Trinajstić information content (AvgIpc) is 1.65. The fourth-order valence-electron chi connectivity index (χ4n) is 0.0510. The predicted octanol–water partition coefficient (Wildman–Crippen LogP) is -2.68. The quantitative estimate of drug-likeness (QED) is 0.148. The van der Waals surface area contributed by atoms with Gasteiger partial charge in [-0.1, -0.05) is 0 Å². The smallest absolute Gasteiger partial charge is 0.272 e. The van der Waals surface area contributed by atoms with Gasteiger partial charge in [0.25, 0.3) is 0 Å². The highest BCUT2D eigenvalue weighted by molar-refractivity contribution is 5.71. The van der Waals surface area contributed by atoms with E-state index in [1.807, 2.05) is 5.43 Å². The molecule has 0 unspecified atom stereocenters. The van der Waals surface area contributed by atoms with E-state index in [4.69, 9.17) is 0 Å². The molecule has 0 spiro atoms. The van der Waals surface area contributed by atoms with Gasteiger partial charge in [-0.3, -0.25) is 11.3 Å². The highest BCUT2D eigenvalue weighted by atomic mass is 16.2. The van der Waals surface area contributed by atoms with Crippen LogP contribution in [0.4, 0.5) is 4.79 Å². The van der Waals surface area contributed by atoms with Gasteiger partial charge in [-0.15, -0.1) is 0 Å². The number of nitrogens with one attached hydrogen (secondary N) is 2. The molecule has 0 aliphatic heterocycles. The molecular weight excluding hydrogens is 84.0 g/mol. The number of urea groups is 1. The number of hydrogen-bond donors (Lipinski definition) is 4. The van der Waals surface area contributed by atoms with Crippen LogP contribution in [0.1, 0.15) is 0 Å². The third-order valence-electron chi connectivity index (χ3n) is 0.292. The van der Waals surface area contributed by atoms with E-state index in [-0.39, 0.29) is 0 Å². The van der Waals surface area contributed by atoms with E-state index in [1.165, 1.54) is 0 Å². The van der Waals surface area contributed by atoms with Crippen molar-refractivity contribution in [2.24, 2.45) is 5.84 Å². The minimum absolute atomic E-state index is 0.491. The van der Waals surface area contributed by atoms with E-state index >= 15 is 0 Å². The Morgan fingerprint density at radius 2 is 2.33 bits per heavy atom. The summed E-state index contributed by atoms with van der Waals surface area (Å²) in [7, 11) is 0. The molecule has 0 radical (unpaired) electrons. The first-order valence-corrected chi connectivity index (χ1v) is 1.35. The van der Waals surface area contributed by atoms with Crippen LogP contribution in [0.2, 0.25) is 0 Å². The van der Waals surface area contributed by atoms with Crippen LogP contribution in [0.5, 0.6) is 0 Å². The van der Waals surface area contributed by atoms with Gasteiger partial charge in [0.2, 0.25) is 0 Å². The molecule has 0 aliphatic carbocycles. The lowest BCUT2D eigenvalue weighted by molar-refractivity contribution is -0.423. The molecule has 6 heavy (non-hydrogen) atoms. The second-order valence-electron chi connectivity index (χ2n) is 0.650. The Balaban J connectivity index is 2.99. The maximum absolute atomic E-state index is 9.77. The number of nitrogens with two attached hydrogens (primary N) is 1.